The Balaban J connectivity index is 1.52. The zero-order valence-electron chi connectivity index (χ0n) is 16.8. The number of fused-ring (bicyclic) bond motifs is 2. The van der Waals surface area contributed by atoms with E-state index in [9.17, 15) is 0 Å². The van der Waals surface area contributed by atoms with E-state index in [-0.39, 0.29) is 0 Å². The van der Waals surface area contributed by atoms with E-state index in [0.29, 0.717) is 0 Å². The Morgan fingerprint density at radius 3 is 2.58 bits per heavy atom. The Morgan fingerprint density at radius 2 is 1.71 bits per heavy atom. The molecule has 0 fully saturated rings. The Kier molecular flexibility index (Phi) is 3.89. The molecule has 0 aliphatic rings. The molecule has 6 rings (SSSR count). The van der Waals surface area contributed by atoms with E-state index in [1.165, 1.54) is 0 Å². The van der Waals surface area contributed by atoms with E-state index in [4.69, 9.17) is 0 Å². The second-order valence-electron chi connectivity index (χ2n) is 7.57. The molecule has 31 heavy (non-hydrogen) atoms. The predicted molar refractivity (Wildman–Crippen MR) is 122 cm³/mol. The number of aryl methyl sites for hydroxylation is 1. The predicted octanol–water partition coefficient (Wildman–Crippen LogP) is 5.54. The molecule has 0 bridgehead atoms. The van der Waals surface area contributed by atoms with Gasteiger partial charge in [0, 0.05) is 64.0 Å². The maximum absolute atomic E-state index is 4.60. The molecule has 6 nitrogen and oxygen atoms in total. The van der Waals surface area contributed by atoms with Crippen molar-refractivity contribution in [2.75, 3.05) is 0 Å². The summed E-state index contributed by atoms with van der Waals surface area (Å²) in [4.78, 5) is 16.7. The fourth-order valence-electron chi connectivity index (χ4n) is 4.08. The van der Waals surface area contributed by atoms with Crippen LogP contribution < -0.4 is 0 Å². The van der Waals surface area contributed by atoms with E-state index in [2.05, 4.69) is 73.5 Å². The highest BCUT2D eigenvalue weighted by Gasteiger charge is 2.15. The second-order valence-corrected chi connectivity index (χ2v) is 7.57. The molecule has 1 aromatic carbocycles. The normalized spacial score (nSPS) is 11.4. The number of aromatic amines is 2. The summed E-state index contributed by atoms with van der Waals surface area (Å²) in [6.07, 6.45) is 9.22. The van der Waals surface area contributed by atoms with Crippen LogP contribution in [-0.2, 0) is 0 Å². The molecular weight excluding hydrogens is 384 g/mol. The molecular formula is C25H18N6. The average molecular weight is 402 g/mol. The van der Waals surface area contributed by atoms with Gasteiger partial charge in [-0.1, -0.05) is 18.2 Å². The van der Waals surface area contributed by atoms with E-state index in [0.717, 1.165) is 61.1 Å². The van der Waals surface area contributed by atoms with Gasteiger partial charge < -0.3 is 4.98 Å². The molecule has 0 atom stereocenters. The minimum atomic E-state index is 0.756. The van der Waals surface area contributed by atoms with Crippen molar-refractivity contribution in [3.63, 3.8) is 0 Å². The lowest BCUT2D eigenvalue weighted by Gasteiger charge is -2.04. The van der Waals surface area contributed by atoms with Crippen LogP contribution in [0.2, 0.25) is 0 Å². The third-order valence-corrected chi connectivity index (χ3v) is 5.66. The molecule has 0 saturated heterocycles. The molecule has 0 unspecified atom stereocenters. The molecule has 0 aliphatic heterocycles. The van der Waals surface area contributed by atoms with Gasteiger partial charge in [-0.05, 0) is 48.4 Å². The summed E-state index contributed by atoms with van der Waals surface area (Å²) in [5, 5.41) is 9.74. The van der Waals surface area contributed by atoms with Gasteiger partial charge in [-0.15, -0.1) is 0 Å². The van der Waals surface area contributed by atoms with Crippen LogP contribution in [0.3, 0.4) is 0 Å². The van der Waals surface area contributed by atoms with Crippen molar-refractivity contribution in [3.05, 3.63) is 85.1 Å². The Hall–Kier alpha value is -4.32. The summed E-state index contributed by atoms with van der Waals surface area (Å²) in [5.41, 5.74) is 9.07. The molecule has 0 aliphatic carbocycles. The standard InChI is InChI=1S/C25H18N6/c1-15-7-9-27-14-21(15)17-10-20-24(30-31-25(20)28-13-17)23-11-19-18(5-2-6-22(19)29-23)16-4-3-8-26-12-16/h2-14,29H,1H3,(H,28,30,31). The smallest absolute Gasteiger partial charge is 0.155 e. The topological polar surface area (TPSA) is 83.1 Å². The van der Waals surface area contributed by atoms with Gasteiger partial charge in [-0.2, -0.15) is 5.10 Å². The van der Waals surface area contributed by atoms with Crippen molar-refractivity contribution in [3.8, 4) is 33.6 Å². The average Bonchev–Trinajstić information content (AvgIpc) is 3.43. The van der Waals surface area contributed by atoms with Gasteiger partial charge in [0.1, 0.15) is 5.69 Å². The van der Waals surface area contributed by atoms with Gasteiger partial charge in [0.05, 0.1) is 5.69 Å². The number of pyridine rings is 3. The Morgan fingerprint density at radius 1 is 0.774 bits per heavy atom. The van der Waals surface area contributed by atoms with Crippen LogP contribution in [-0.4, -0.2) is 30.1 Å². The molecule has 5 aromatic heterocycles. The molecule has 0 spiro atoms. The summed E-state index contributed by atoms with van der Waals surface area (Å²) < 4.78 is 0. The highest BCUT2D eigenvalue weighted by Crippen LogP contribution is 2.34. The van der Waals surface area contributed by atoms with Crippen molar-refractivity contribution in [2.45, 2.75) is 6.92 Å². The number of aromatic nitrogens is 6. The number of nitrogens with one attached hydrogen (secondary N) is 2. The maximum Gasteiger partial charge on any atom is 0.155 e. The lowest BCUT2D eigenvalue weighted by molar-refractivity contribution is 1.10. The first-order valence-electron chi connectivity index (χ1n) is 10.1. The number of hydrogen-bond donors (Lipinski definition) is 2. The molecule has 6 aromatic rings. The number of hydrogen-bond acceptors (Lipinski definition) is 4. The summed E-state index contributed by atoms with van der Waals surface area (Å²) in [5.74, 6) is 0. The lowest BCUT2D eigenvalue weighted by Crippen LogP contribution is -1.87. The zero-order valence-corrected chi connectivity index (χ0v) is 16.8. The van der Waals surface area contributed by atoms with Gasteiger partial charge in [-0.25, -0.2) is 4.98 Å². The van der Waals surface area contributed by atoms with Crippen LogP contribution in [0.5, 0.6) is 0 Å². The van der Waals surface area contributed by atoms with Gasteiger partial charge >= 0.3 is 0 Å². The van der Waals surface area contributed by atoms with Crippen molar-refractivity contribution in [2.24, 2.45) is 0 Å². The minimum Gasteiger partial charge on any atom is -0.353 e. The first-order valence-corrected chi connectivity index (χ1v) is 10.1. The van der Waals surface area contributed by atoms with Crippen molar-refractivity contribution in [1.82, 2.24) is 30.1 Å². The first kappa shape index (κ1) is 17.5. The van der Waals surface area contributed by atoms with Crippen molar-refractivity contribution in [1.29, 1.82) is 0 Å². The van der Waals surface area contributed by atoms with Crippen LogP contribution in [0.4, 0.5) is 0 Å². The number of rotatable bonds is 3. The number of H-pyrrole nitrogens is 2. The largest absolute Gasteiger partial charge is 0.353 e. The highest BCUT2D eigenvalue weighted by molar-refractivity contribution is 6.01. The highest BCUT2D eigenvalue weighted by atomic mass is 15.2. The molecule has 6 heteroatoms. The third kappa shape index (κ3) is 2.88. The monoisotopic (exact) mass is 402 g/mol. The first-order chi connectivity index (χ1) is 15.3. The van der Waals surface area contributed by atoms with Gasteiger partial charge in [0.25, 0.3) is 0 Å². The van der Waals surface area contributed by atoms with Crippen LogP contribution in [0, 0.1) is 6.92 Å². The fourth-order valence-corrected chi connectivity index (χ4v) is 4.08. The molecule has 2 N–H and O–H groups in total. The van der Waals surface area contributed by atoms with Crippen LogP contribution in [0.1, 0.15) is 5.56 Å². The number of nitrogens with zero attached hydrogens (tertiary/aromatic N) is 4. The molecule has 148 valence electrons. The summed E-state index contributed by atoms with van der Waals surface area (Å²) in [6.45, 7) is 2.08. The maximum atomic E-state index is 4.60. The van der Waals surface area contributed by atoms with Crippen molar-refractivity contribution >= 4 is 21.9 Å². The van der Waals surface area contributed by atoms with E-state index in [1.807, 2.05) is 30.7 Å². The van der Waals surface area contributed by atoms with Gasteiger partial charge in [0.15, 0.2) is 5.65 Å². The van der Waals surface area contributed by atoms with Crippen molar-refractivity contribution < 1.29 is 0 Å². The summed E-state index contributed by atoms with van der Waals surface area (Å²) in [7, 11) is 0. The Bertz CT molecular complexity index is 1550. The van der Waals surface area contributed by atoms with Gasteiger partial charge in [0.2, 0.25) is 0 Å². The minimum absolute atomic E-state index is 0.756. The van der Waals surface area contributed by atoms with Gasteiger partial charge in [-0.3, -0.25) is 15.1 Å². The Labute approximate surface area is 178 Å². The van der Waals surface area contributed by atoms with Crippen LogP contribution >= 0.6 is 0 Å². The van der Waals surface area contributed by atoms with E-state index < -0.39 is 0 Å². The van der Waals surface area contributed by atoms with Crippen LogP contribution in [0.25, 0.3) is 55.6 Å². The fraction of sp³-hybridized carbons (Fsp3) is 0.0400. The molecule has 5 heterocycles. The SMILES string of the molecule is Cc1ccncc1-c1cnc2[nH]nc(-c3cc4c(-c5cccnc5)cccc4[nH]3)c2c1. The summed E-state index contributed by atoms with van der Waals surface area (Å²) >= 11 is 0. The quantitative estimate of drug-likeness (QED) is 0.407. The zero-order chi connectivity index (χ0) is 20.8. The summed E-state index contributed by atoms with van der Waals surface area (Å²) in [6, 6.07) is 16.6. The molecule has 0 saturated carbocycles. The van der Waals surface area contributed by atoms with E-state index in [1.54, 1.807) is 12.4 Å². The van der Waals surface area contributed by atoms with E-state index >= 15 is 0 Å². The number of benzene rings is 1. The van der Waals surface area contributed by atoms with Crippen LogP contribution in [0.15, 0.2) is 79.5 Å². The third-order valence-electron chi connectivity index (χ3n) is 5.66. The molecule has 0 amide bonds. The molecule has 0 radical (unpaired) electrons. The second kappa shape index (κ2) is 6.88. The lowest BCUT2D eigenvalue weighted by atomic mass is 10.0.